The van der Waals surface area contributed by atoms with Crippen molar-refractivity contribution in [2.75, 3.05) is 0 Å². The molecule has 0 radical (unpaired) electrons. The summed E-state index contributed by atoms with van der Waals surface area (Å²) in [5.41, 5.74) is 4.92. The average Bonchev–Trinajstić information content (AvgIpc) is 2.87. The Morgan fingerprint density at radius 2 is 1.30 bits per heavy atom. The smallest absolute Gasteiger partial charge is 0.0544 e. The van der Waals surface area contributed by atoms with Crippen LogP contribution in [0, 0.1) is 0 Å². The predicted molar refractivity (Wildman–Crippen MR) is 86.3 cm³/mol. The summed E-state index contributed by atoms with van der Waals surface area (Å²) in [5.74, 6) is 0. The lowest BCUT2D eigenvalue weighted by Gasteiger charge is -2.03. The van der Waals surface area contributed by atoms with Crippen LogP contribution in [0.2, 0.25) is 0 Å². The van der Waals surface area contributed by atoms with Gasteiger partial charge in [-0.2, -0.15) is 0 Å². The summed E-state index contributed by atoms with van der Waals surface area (Å²) in [6.07, 6.45) is 0. The minimum Gasteiger partial charge on any atom is -0.354 e. The molecular formula is C18H16N2. The maximum Gasteiger partial charge on any atom is 0.0544 e. The van der Waals surface area contributed by atoms with Gasteiger partial charge in [0.05, 0.1) is 5.52 Å². The highest BCUT2D eigenvalue weighted by molar-refractivity contribution is 6.11. The third kappa shape index (κ3) is 1.78. The first-order chi connectivity index (χ1) is 9.43. The lowest BCUT2D eigenvalue weighted by atomic mass is 10.0. The molecule has 0 aliphatic carbocycles. The van der Waals surface area contributed by atoms with Crippen molar-refractivity contribution in [2.45, 2.75) is 0 Å². The van der Waals surface area contributed by atoms with Crippen LogP contribution < -0.4 is 6.15 Å². The van der Waals surface area contributed by atoms with Crippen molar-refractivity contribution in [2.24, 2.45) is 0 Å². The van der Waals surface area contributed by atoms with E-state index in [0.717, 1.165) is 0 Å². The monoisotopic (exact) mass is 260 g/mol. The van der Waals surface area contributed by atoms with Crippen molar-refractivity contribution < 1.29 is 0 Å². The number of nitrogens with one attached hydrogen (secondary N) is 1. The summed E-state index contributed by atoms with van der Waals surface area (Å²) in [6.45, 7) is 0. The first-order valence-electron chi connectivity index (χ1n) is 6.48. The van der Waals surface area contributed by atoms with Gasteiger partial charge in [0.25, 0.3) is 0 Å². The van der Waals surface area contributed by atoms with Crippen LogP contribution in [-0.4, -0.2) is 4.98 Å². The summed E-state index contributed by atoms with van der Waals surface area (Å²) in [6, 6.07) is 25.5. The molecule has 3 aromatic carbocycles. The van der Waals surface area contributed by atoms with Crippen LogP contribution in [0.5, 0.6) is 0 Å². The summed E-state index contributed by atoms with van der Waals surface area (Å²) in [7, 11) is 0. The molecular weight excluding hydrogens is 244 g/mol. The fourth-order valence-electron chi connectivity index (χ4n) is 2.73. The third-order valence-corrected chi connectivity index (χ3v) is 3.63. The molecule has 0 saturated heterocycles. The second-order valence-electron chi connectivity index (χ2n) is 4.76. The molecule has 0 bridgehead atoms. The first kappa shape index (κ1) is 12.5. The van der Waals surface area contributed by atoms with Gasteiger partial charge in [-0.15, -0.1) is 0 Å². The SMILES string of the molecule is N.c1ccc(-c2cccc3c2[nH]c2ccccc23)cc1. The number of hydrogen-bond acceptors (Lipinski definition) is 1. The third-order valence-electron chi connectivity index (χ3n) is 3.63. The van der Waals surface area contributed by atoms with Crippen molar-refractivity contribution in [1.29, 1.82) is 0 Å². The second-order valence-corrected chi connectivity index (χ2v) is 4.76. The van der Waals surface area contributed by atoms with Crippen molar-refractivity contribution in [3.63, 3.8) is 0 Å². The number of fused-ring (bicyclic) bond motifs is 3. The molecule has 2 nitrogen and oxygen atoms in total. The van der Waals surface area contributed by atoms with E-state index in [4.69, 9.17) is 0 Å². The summed E-state index contributed by atoms with van der Waals surface area (Å²) < 4.78 is 0. The van der Waals surface area contributed by atoms with Crippen LogP contribution in [0.4, 0.5) is 0 Å². The first-order valence-corrected chi connectivity index (χ1v) is 6.48. The Balaban J connectivity index is 0.00000121. The fraction of sp³-hybridized carbons (Fsp3) is 0. The van der Waals surface area contributed by atoms with Crippen LogP contribution in [0.1, 0.15) is 0 Å². The quantitative estimate of drug-likeness (QED) is 0.488. The number of rotatable bonds is 1. The Labute approximate surface area is 117 Å². The van der Waals surface area contributed by atoms with E-state index in [1.54, 1.807) is 0 Å². The van der Waals surface area contributed by atoms with E-state index in [9.17, 15) is 0 Å². The van der Waals surface area contributed by atoms with Crippen LogP contribution in [0.15, 0.2) is 72.8 Å². The highest BCUT2D eigenvalue weighted by Gasteiger charge is 2.08. The van der Waals surface area contributed by atoms with Gasteiger partial charge in [0.2, 0.25) is 0 Å². The predicted octanol–water partition coefficient (Wildman–Crippen LogP) is 5.15. The minimum atomic E-state index is 0. The molecule has 20 heavy (non-hydrogen) atoms. The molecule has 0 fully saturated rings. The van der Waals surface area contributed by atoms with Gasteiger partial charge in [-0.1, -0.05) is 66.7 Å². The molecule has 0 unspecified atom stereocenters. The van der Waals surface area contributed by atoms with E-state index in [0.29, 0.717) is 0 Å². The number of benzene rings is 3. The summed E-state index contributed by atoms with van der Waals surface area (Å²) in [5, 5.41) is 2.58. The van der Waals surface area contributed by atoms with E-state index < -0.39 is 0 Å². The standard InChI is InChI=1S/C18H13N.H3N/c1-2-7-13(8-3-1)14-10-6-11-16-15-9-4-5-12-17(15)19-18(14)16;/h1-12,19H;1H3. The van der Waals surface area contributed by atoms with Crippen molar-refractivity contribution in [3.8, 4) is 11.1 Å². The van der Waals surface area contributed by atoms with Crippen LogP contribution in [0.25, 0.3) is 32.9 Å². The zero-order chi connectivity index (χ0) is 12.7. The van der Waals surface area contributed by atoms with E-state index in [1.807, 2.05) is 0 Å². The van der Waals surface area contributed by atoms with Crippen LogP contribution in [-0.2, 0) is 0 Å². The lowest BCUT2D eigenvalue weighted by molar-refractivity contribution is 1.53. The van der Waals surface area contributed by atoms with E-state index in [-0.39, 0.29) is 6.15 Å². The molecule has 0 amide bonds. The Hall–Kier alpha value is -2.58. The number of aromatic nitrogens is 1. The number of hydrogen-bond donors (Lipinski definition) is 2. The Kier molecular flexibility index (Phi) is 3.01. The topological polar surface area (TPSA) is 50.8 Å². The molecule has 1 heterocycles. The molecule has 4 aromatic rings. The van der Waals surface area contributed by atoms with Gasteiger partial charge < -0.3 is 11.1 Å². The zero-order valence-electron chi connectivity index (χ0n) is 11.1. The normalized spacial score (nSPS) is 10.6. The maximum atomic E-state index is 3.55. The van der Waals surface area contributed by atoms with E-state index in [2.05, 4.69) is 77.8 Å². The van der Waals surface area contributed by atoms with Gasteiger partial charge in [-0.25, -0.2) is 0 Å². The Morgan fingerprint density at radius 3 is 2.15 bits per heavy atom. The van der Waals surface area contributed by atoms with E-state index >= 15 is 0 Å². The van der Waals surface area contributed by atoms with Gasteiger partial charge in [0.1, 0.15) is 0 Å². The molecule has 0 saturated carbocycles. The van der Waals surface area contributed by atoms with Crippen molar-refractivity contribution >= 4 is 21.8 Å². The van der Waals surface area contributed by atoms with E-state index in [1.165, 1.54) is 32.9 Å². The minimum absolute atomic E-state index is 0. The van der Waals surface area contributed by atoms with Gasteiger partial charge in [-0.05, 0) is 11.6 Å². The highest BCUT2D eigenvalue weighted by Crippen LogP contribution is 2.32. The molecule has 0 spiro atoms. The Bertz CT molecular complexity index is 860. The average molecular weight is 260 g/mol. The number of para-hydroxylation sites is 2. The number of H-pyrrole nitrogens is 1. The van der Waals surface area contributed by atoms with Gasteiger partial charge in [-0.3, -0.25) is 0 Å². The molecule has 98 valence electrons. The van der Waals surface area contributed by atoms with Crippen molar-refractivity contribution in [1.82, 2.24) is 11.1 Å². The molecule has 1 aromatic heterocycles. The number of aromatic amines is 1. The van der Waals surface area contributed by atoms with Gasteiger partial charge >= 0.3 is 0 Å². The fourth-order valence-corrected chi connectivity index (χ4v) is 2.73. The largest absolute Gasteiger partial charge is 0.354 e. The molecule has 2 heteroatoms. The van der Waals surface area contributed by atoms with Crippen molar-refractivity contribution in [3.05, 3.63) is 72.8 Å². The van der Waals surface area contributed by atoms with Crippen LogP contribution in [0.3, 0.4) is 0 Å². The zero-order valence-corrected chi connectivity index (χ0v) is 11.1. The molecule has 4 N–H and O–H groups in total. The summed E-state index contributed by atoms with van der Waals surface area (Å²) >= 11 is 0. The Morgan fingerprint density at radius 1 is 0.600 bits per heavy atom. The van der Waals surface area contributed by atoms with Gasteiger partial charge in [0.15, 0.2) is 0 Å². The lowest BCUT2D eigenvalue weighted by Crippen LogP contribution is -1.79. The second kappa shape index (κ2) is 4.83. The highest BCUT2D eigenvalue weighted by atomic mass is 14.7. The maximum absolute atomic E-state index is 3.55. The summed E-state index contributed by atoms with van der Waals surface area (Å²) in [4.78, 5) is 3.55. The molecule has 0 aliphatic rings. The molecule has 4 rings (SSSR count). The molecule has 0 atom stereocenters. The van der Waals surface area contributed by atoms with Crippen LogP contribution >= 0.6 is 0 Å². The van der Waals surface area contributed by atoms with Gasteiger partial charge in [0, 0.05) is 21.9 Å². The molecule has 0 aliphatic heterocycles.